The van der Waals surface area contributed by atoms with Crippen molar-refractivity contribution in [2.75, 3.05) is 0 Å². The maximum atomic E-state index is 13.3. The minimum atomic E-state index is 0.0468. The molecule has 0 heterocycles. The normalized spacial score (nSPS) is 12.6. The van der Waals surface area contributed by atoms with Crippen molar-refractivity contribution in [3.05, 3.63) is 48.6 Å². The Balaban J connectivity index is 4.62. The summed E-state index contributed by atoms with van der Waals surface area (Å²) in [6.45, 7) is 9.20. The van der Waals surface area contributed by atoms with Crippen LogP contribution in [0.4, 0.5) is 0 Å². The van der Waals surface area contributed by atoms with Gasteiger partial charge in [-0.2, -0.15) is 0 Å². The molecule has 0 radical (unpaired) electrons. The highest BCUT2D eigenvalue weighted by Gasteiger charge is 2.17. The van der Waals surface area contributed by atoms with E-state index in [4.69, 9.17) is 9.47 Å². The molecule has 0 saturated heterocycles. The van der Waals surface area contributed by atoms with Crippen molar-refractivity contribution < 1.29 is 19.1 Å². The molecule has 0 N–H and O–H groups in total. The number of rotatable bonds is 99. The van der Waals surface area contributed by atoms with E-state index in [2.05, 4.69) is 76.3 Å². The minimum absolute atomic E-state index is 0.0468. The van der Waals surface area contributed by atoms with Gasteiger partial charge in [0.15, 0.2) is 0 Å². The van der Waals surface area contributed by atoms with Crippen LogP contribution in [0.3, 0.4) is 0 Å². The first-order chi connectivity index (χ1) is 55.6. The van der Waals surface area contributed by atoms with E-state index in [1.807, 2.05) is 0 Å². The Morgan fingerprint density at radius 3 is 0.420 bits per heavy atom. The van der Waals surface area contributed by atoms with E-state index >= 15 is 0 Å². The number of hydrogen-bond donors (Lipinski definition) is 0. The molecule has 0 fully saturated rings. The molecule has 0 aliphatic heterocycles. The second kappa shape index (κ2) is 101. The molecule has 0 saturated carbocycles. The van der Waals surface area contributed by atoms with Crippen molar-refractivity contribution in [2.24, 2.45) is 0 Å². The van der Waals surface area contributed by atoms with Gasteiger partial charge in [-0.15, -0.1) is 0 Å². The van der Waals surface area contributed by atoms with Crippen molar-refractivity contribution >= 4 is 11.9 Å². The molecule has 4 nitrogen and oxygen atoms in total. The maximum Gasteiger partial charge on any atom is 0.306 e. The molecule has 0 bridgehead atoms. The molecule has 2 unspecified atom stereocenters. The molecule has 112 heavy (non-hydrogen) atoms. The Morgan fingerprint density at radius 2 is 0.277 bits per heavy atom. The molecule has 4 heteroatoms. The second-order valence-electron chi connectivity index (χ2n) is 36.2. The number of allylic oxidation sites excluding steroid dienone is 8. The van der Waals surface area contributed by atoms with Crippen LogP contribution in [0.15, 0.2) is 48.6 Å². The zero-order valence-corrected chi connectivity index (χ0v) is 77.5. The van der Waals surface area contributed by atoms with Crippen molar-refractivity contribution in [1.82, 2.24) is 0 Å². The Bertz CT molecular complexity index is 1730. The molecular formula is C108H206O4. The predicted octanol–water partition coefficient (Wildman–Crippen LogP) is 39.0. The summed E-state index contributed by atoms with van der Waals surface area (Å²) in [5, 5.41) is 0. The lowest BCUT2D eigenvalue weighted by molar-refractivity contribution is -0.151. The number of esters is 2. The summed E-state index contributed by atoms with van der Waals surface area (Å²) in [7, 11) is 0. The number of carbonyl (C=O) groups is 2. The Labute approximate surface area is 706 Å². The van der Waals surface area contributed by atoms with Crippen molar-refractivity contribution in [2.45, 2.75) is 631 Å². The molecule has 0 aliphatic carbocycles. The zero-order valence-electron chi connectivity index (χ0n) is 77.5. The third-order valence-electron chi connectivity index (χ3n) is 24.8. The summed E-state index contributed by atoms with van der Waals surface area (Å²) in [6, 6.07) is 0. The van der Waals surface area contributed by atoms with Gasteiger partial charge in [0.25, 0.3) is 0 Å². The van der Waals surface area contributed by atoms with Gasteiger partial charge in [-0.25, -0.2) is 0 Å². The third kappa shape index (κ3) is 96.7. The SMILES string of the molecule is CCCCCCCC/C=C\CCCCCCCCCCCCCCCCCCCC(CCCCCCCC/C=C\CCCCCCCC)OC(=O)CCCCCCCCCCC(=O)OC(CCCCCCCC/C=C\CCCCCCCC)CCCCCCCCCCCCCCCCCCC/C=C\CCCCCCCC. The molecule has 662 valence electrons. The maximum absolute atomic E-state index is 13.3. The number of ether oxygens (including phenoxy) is 2. The molecule has 0 aliphatic rings. The molecule has 0 rings (SSSR count). The standard InChI is InChI=1S/C108H206O4/c1-5-9-13-17-21-25-29-33-37-41-43-45-47-49-51-53-55-57-59-61-65-69-73-77-83-89-95-101-105(99-93-87-81-75-71-67-63-39-35-31-27-23-19-15-11-7-3)111-107(109)103-97-91-85-79-80-86-92-98-104-108(110)112-106(100-94-88-82-76-72-68-64-40-36-32-28-24-20-16-12-8-4)102-96-90-84-78-74-70-66-62-60-58-56-54-52-50-48-46-44-42-38-34-30-26-22-18-14-10-6-2/h33-40,105-106H,5-32,41-104H2,1-4H3/b37-33-,38-34-,39-35-,40-36-. The van der Waals surface area contributed by atoms with Crippen LogP contribution < -0.4 is 0 Å². The van der Waals surface area contributed by atoms with Gasteiger partial charge in [-0.3, -0.25) is 9.59 Å². The average molecular weight is 1570 g/mol. The van der Waals surface area contributed by atoms with Crippen LogP contribution in [0.25, 0.3) is 0 Å². The van der Waals surface area contributed by atoms with E-state index in [1.165, 1.54) is 527 Å². The highest BCUT2D eigenvalue weighted by molar-refractivity contribution is 5.69. The Morgan fingerprint density at radius 1 is 0.161 bits per heavy atom. The molecule has 2 atom stereocenters. The first kappa shape index (κ1) is 110. The van der Waals surface area contributed by atoms with Crippen LogP contribution in [0.5, 0.6) is 0 Å². The van der Waals surface area contributed by atoms with Crippen LogP contribution in [0.1, 0.15) is 618 Å². The quantitative estimate of drug-likeness (QED) is 0.0346. The molecule has 0 aromatic heterocycles. The van der Waals surface area contributed by atoms with E-state index in [0.717, 1.165) is 51.4 Å². The van der Waals surface area contributed by atoms with Gasteiger partial charge in [0.2, 0.25) is 0 Å². The highest BCUT2D eigenvalue weighted by atomic mass is 16.5. The van der Waals surface area contributed by atoms with Crippen molar-refractivity contribution in [3.63, 3.8) is 0 Å². The lowest BCUT2D eigenvalue weighted by atomic mass is 10.0. The molecule has 0 spiro atoms. The van der Waals surface area contributed by atoms with Crippen LogP contribution in [0, 0.1) is 0 Å². The van der Waals surface area contributed by atoms with Crippen LogP contribution >= 0.6 is 0 Å². The molecular weight excluding hydrogens is 1360 g/mol. The summed E-state index contributed by atoms with van der Waals surface area (Å²) < 4.78 is 12.6. The fourth-order valence-electron chi connectivity index (χ4n) is 17.0. The van der Waals surface area contributed by atoms with Gasteiger partial charge in [0.05, 0.1) is 0 Å². The van der Waals surface area contributed by atoms with Crippen LogP contribution in [-0.4, -0.2) is 24.1 Å². The first-order valence-electron chi connectivity index (χ1n) is 52.6. The van der Waals surface area contributed by atoms with Gasteiger partial charge in [0, 0.05) is 12.8 Å². The first-order valence-corrected chi connectivity index (χ1v) is 52.6. The summed E-state index contributed by atoms with van der Waals surface area (Å²) in [6.07, 6.45) is 140. The highest BCUT2D eigenvalue weighted by Crippen LogP contribution is 2.25. The third-order valence-corrected chi connectivity index (χ3v) is 24.8. The summed E-state index contributed by atoms with van der Waals surface area (Å²) in [5.74, 6) is 0.0936. The van der Waals surface area contributed by atoms with Gasteiger partial charge < -0.3 is 9.47 Å². The van der Waals surface area contributed by atoms with Gasteiger partial charge in [0.1, 0.15) is 12.2 Å². The molecule has 0 aromatic carbocycles. The number of unbranched alkanes of at least 4 members (excludes halogenated alkanes) is 77. The van der Waals surface area contributed by atoms with E-state index in [0.29, 0.717) is 12.8 Å². The van der Waals surface area contributed by atoms with Crippen LogP contribution in [-0.2, 0) is 19.1 Å². The molecule has 0 amide bonds. The lowest BCUT2D eigenvalue weighted by Gasteiger charge is -2.18. The monoisotopic (exact) mass is 1570 g/mol. The van der Waals surface area contributed by atoms with E-state index in [9.17, 15) is 9.59 Å². The molecule has 0 aromatic rings. The summed E-state index contributed by atoms with van der Waals surface area (Å²) in [5.41, 5.74) is 0. The van der Waals surface area contributed by atoms with Crippen molar-refractivity contribution in [3.8, 4) is 0 Å². The van der Waals surface area contributed by atoms with Crippen molar-refractivity contribution in [1.29, 1.82) is 0 Å². The second-order valence-corrected chi connectivity index (χ2v) is 36.2. The van der Waals surface area contributed by atoms with Gasteiger partial charge in [-0.1, -0.05) is 487 Å². The smallest absolute Gasteiger partial charge is 0.306 e. The zero-order chi connectivity index (χ0) is 80.4. The largest absolute Gasteiger partial charge is 0.462 e. The topological polar surface area (TPSA) is 52.6 Å². The van der Waals surface area contributed by atoms with Gasteiger partial charge in [-0.05, 0) is 167 Å². The Kier molecular flexibility index (Phi) is 99.4. The fraction of sp³-hybridized carbons (Fsp3) is 0.907. The number of carbonyl (C=O) groups excluding carboxylic acids is 2. The summed E-state index contributed by atoms with van der Waals surface area (Å²) >= 11 is 0. The van der Waals surface area contributed by atoms with E-state index in [-0.39, 0.29) is 24.1 Å². The fourth-order valence-corrected chi connectivity index (χ4v) is 17.0. The van der Waals surface area contributed by atoms with E-state index in [1.54, 1.807) is 0 Å². The summed E-state index contributed by atoms with van der Waals surface area (Å²) in [4.78, 5) is 26.6. The lowest BCUT2D eigenvalue weighted by Crippen LogP contribution is -2.18. The Hall–Kier alpha value is -2.10. The predicted molar refractivity (Wildman–Crippen MR) is 504 cm³/mol. The average Bonchev–Trinajstić information content (AvgIpc) is 0.979. The minimum Gasteiger partial charge on any atom is -0.462 e. The van der Waals surface area contributed by atoms with E-state index < -0.39 is 0 Å². The number of hydrogen-bond acceptors (Lipinski definition) is 4. The van der Waals surface area contributed by atoms with Gasteiger partial charge >= 0.3 is 11.9 Å². The van der Waals surface area contributed by atoms with Crippen LogP contribution in [0.2, 0.25) is 0 Å².